The number of thioether (sulfide) groups is 1. The van der Waals surface area contributed by atoms with Gasteiger partial charge in [-0.1, -0.05) is 13.3 Å². The lowest BCUT2D eigenvalue weighted by atomic mass is 9.93. The van der Waals surface area contributed by atoms with Crippen LogP contribution in [0.15, 0.2) is 0 Å². The van der Waals surface area contributed by atoms with Crippen molar-refractivity contribution in [2.24, 2.45) is 0 Å². The maximum Gasteiger partial charge on any atom is 0.0278 e. The van der Waals surface area contributed by atoms with E-state index in [1.807, 2.05) is 0 Å². The van der Waals surface area contributed by atoms with Crippen LogP contribution in [0.5, 0.6) is 0 Å². The van der Waals surface area contributed by atoms with Crippen molar-refractivity contribution in [3.05, 3.63) is 0 Å². The third-order valence-corrected chi connectivity index (χ3v) is 5.87. The van der Waals surface area contributed by atoms with Crippen molar-refractivity contribution in [2.45, 2.75) is 63.3 Å². The van der Waals surface area contributed by atoms with E-state index in [4.69, 9.17) is 0 Å². The average Bonchev–Trinajstić information content (AvgIpc) is 2.35. The molecule has 2 fully saturated rings. The van der Waals surface area contributed by atoms with E-state index in [2.05, 4.69) is 42.7 Å². The van der Waals surface area contributed by atoms with E-state index in [1.165, 1.54) is 44.5 Å². The van der Waals surface area contributed by atoms with Gasteiger partial charge in [-0.2, -0.15) is 11.8 Å². The molecule has 2 aliphatic rings. The van der Waals surface area contributed by atoms with E-state index < -0.39 is 0 Å². The molecule has 100 valence electrons. The molecule has 3 heteroatoms. The summed E-state index contributed by atoms with van der Waals surface area (Å²) < 4.78 is 0. The summed E-state index contributed by atoms with van der Waals surface area (Å²) in [7, 11) is 0. The van der Waals surface area contributed by atoms with Crippen molar-refractivity contribution in [1.29, 1.82) is 0 Å². The van der Waals surface area contributed by atoms with E-state index in [0.29, 0.717) is 11.6 Å². The van der Waals surface area contributed by atoms with Crippen LogP contribution in [0.25, 0.3) is 0 Å². The van der Waals surface area contributed by atoms with Crippen LogP contribution in [-0.2, 0) is 0 Å². The Morgan fingerprint density at radius 2 is 2.24 bits per heavy atom. The Morgan fingerprint density at radius 3 is 2.88 bits per heavy atom. The minimum atomic E-state index is 0.339. The highest BCUT2D eigenvalue weighted by Gasteiger charge is 2.33. The summed E-state index contributed by atoms with van der Waals surface area (Å²) in [4.78, 5) is 2.73. The fourth-order valence-corrected chi connectivity index (χ4v) is 4.21. The molecule has 0 bridgehead atoms. The third kappa shape index (κ3) is 3.62. The van der Waals surface area contributed by atoms with E-state index in [0.717, 1.165) is 11.8 Å². The van der Waals surface area contributed by atoms with Gasteiger partial charge in [-0.05, 0) is 38.9 Å². The standard InChI is InChI=1S/C14H28N2S/c1-4-14(3)11-16(12(2)9-15-14)10-13-7-5-6-8-17-13/h12-13,15H,4-11H2,1-3H3. The molecular weight excluding hydrogens is 228 g/mol. The van der Waals surface area contributed by atoms with Gasteiger partial charge >= 0.3 is 0 Å². The Kier molecular flexibility index (Phi) is 4.79. The second-order valence-corrected chi connectivity index (χ2v) is 7.47. The first-order chi connectivity index (χ1) is 8.13. The molecule has 2 rings (SSSR count). The lowest BCUT2D eigenvalue weighted by Crippen LogP contribution is -2.62. The van der Waals surface area contributed by atoms with E-state index in [1.54, 1.807) is 0 Å². The Hall–Kier alpha value is 0.270. The number of hydrogen-bond acceptors (Lipinski definition) is 3. The number of nitrogens with zero attached hydrogens (tertiary/aromatic N) is 1. The molecule has 0 aromatic carbocycles. The van der Waals surface area contributed by atoms with E-state index >= 15 is 0 Å². The molecule has 0 aromatic heterocycles. The van der Waals surface area contributed by atoms with E-state index in [9.17, 15) is 0 Å². The fourth-order valence-electron chi connectivity index (χ4n) is 2.88. The molecule has 2 heterocycles. The minimum absolute atomic E-state index is 0.339. The van der Waals surface area contributed by atoms with E-state index in [-0.39, 0.29) is 0 Å². The van der Waals surface area contributed by atoms with Gasteiger partial charge in [0.15, 0.2) is 0 Å². The summed E-state index contributed by atoms with van der Waals surface area (Å²) in [5.41, 5.74) is 0.339. The zero-order valence-electron chi connectivity index (χ0n) is 11.7. The normalized spacial score (nSPS) is 40.4. The molecule has 2 saturated heterocycles. The van der Waals surface area contributed by atoms with Crippen LogP contribution in [0.4, 0.5) is 0 Å². The zero-order chi connectivity index (χ0) is 12.3. The topological polar surface area (TPSA) is 15.3 Å². The Labute approximate surface area is 111 Å². The SMILES string of the molecule is CCC1(C)CN(CC2CCCCS2)C(C)CN1. The Bertz CT molecular complexity index is 240. The molecule has 1 N–H and O–H groups in total. The Balaban J connectivity index is 1.88. The summed E-state index contributed by atoms with van der Waals surface area (Å²) in [5, 5.41) is 4.61. The van der Waals surface area contributed by atoms with Gasteiger partial charge in [0.1, 0.15) is 0 Å². The minimum Gasteiger partial charge on any atom is -0.309 e. The van der Waals surface area contributed by atoms with Crippen molar-refractivity contribution in [3.8, 4) is 0 Å². The molecule has 0 aromatic rings. The first kappa shape index (κ1) is 13.7. The first-order valence-electron chi connectivity index (χ1n) is 7.23. The summed E-state index contributed by atoms with van der Waals surface area (Å²) in [6, 6.07) is 0.706. The van der Waals surface area contributed by atoms with Gasteiger partial charge in [-0.3, -0.25) is 4.90 Å². The highest BCUT2D eigenvalue weighted by Crippen LogP contribution is 2.28. The summed E-state index contributed by atoms with van der Waals surface area (Å²) >= 11 is 2.20. The third-order valence-electron chi connectivity index (χ3n) is 4.49. The number of hydrogen-bond donors (Lipinski definition) is 1. The van der Waals surface area contributed by atoms with Crippen LogP contribution >= 0.6 is 11.8 Å². The average molecular weight is 256 g/mol. The van der Waals surface area contributed by atoms with Crippen LogP contribution in [-0.4, -0.2) is 47.1 Å². The quantitative estimate of drug-likeness (QED) is 0.836. The van der Waals surface area contributed by atoms with Gasteiger partial charge in [0.25, 0.3) is 0 Å². The van der Waals surface area contributed by atoms with Crippen molar-refractivity contribution in [2.75, 3.05) is 25.4 Å². The van der Waals surface area contributed by atoms with Crippen LogP contribution in [0.1, 0.15) is 46.5 Å². The summed E-state index contributed by atoms with van der Waals surface area (Å²) in [6.07, 6.45) is 5.55. The van der Waals surface area contributed by atoms with Gasteiger partial charge in [0.2, 0.25) is 0 Å². The van der Waals surface area contributed by atoms with Crippen LogP contribution in [0.3, 0.4) is 0 Å². The van der Waals surface area contributed by atoms with Crippen LogP contribution in [0, 0.1) is 0 Å². The van der Waals surface area contributed by atoms with Crippen molar-refractivity contribution >= 4 is 11.8 Å². The van der Waals surface area contributed by atoms with Gasteiger partial charge in [0, 0.05) is 36.5 Å². The molecule has 2 nitrogen and oxygen atoms in total. The molecule has 17 heavy (non-hydrogen) atoms. The lowest BCUT2D eigenvalue weighted by molar-refractivity contribution is 0.0927. The summed E-state index contributed by atoms with van der Waals surface area (Å²) in [6.45, 7) is 10.7. The molecule has 0 radical (unpaired) electrons. The molecule has 0 aliphatic carbocycles. The molecular formula is C14H28N2S. The number of piperazine rings is 1. The fraction of sp³-hybridized carbons (Fsp3) is 1.00. The van der Waals surface area contributed by atoms with Crippen LogP contribution < -0.4 is 5.32 Å². The predicted molar refractivity (Wildman–Crippen MR) is 77.8 cm³/mol. The summed E-state index contributed by atoms with van der Waals surface area (Å²) in [5.74, 6) is 1.39. The van der Waals surface area contributed by atoms with Crippen LogP contribution in [0.2, 0.25) is 0 Å². The molecule has 3 unspecified atom stereocenters. The molecule has 0 spiro atoms. The molecule has 0 amide bonds. The number of nitrogens with one attached hydrogen (secondary N) is 1. The maximum atomic E-state index is 3.71. The van der Waals surface area contributed by atoms with Crippen molar-refractivity contribution in [1.82, 2.24) is 10.2 Å². The van der Waals surface area contributed by atoms with Crippen molar-refractivity contribution in [3.63, 3.8) is 0 Å². The zero-order valence-corrected chi connectivity index (χ0v) is 12.5. The molecule has 3 atom stereocenters. The first-order valence-corrected chi connectivity index (χ1v) is 8.28. The monoisotopic (exact) mass is 256 g/mol. The van der Waals surface area contributed by atoms with Crippen molar-refractivity contribution < 1.29 is 0 Å². The maximum absolute atomic E-state index is 3.71. The smallest absolute Gasteiger partial charge is 0.0278 e. The highest BCUT2D eigenvalue weighted by molar-refractivity contribution is 7.99. The van der Waals surface area contributed by atoms with Gasteiger partial charge in [-0.15, -0.1) is 0 Å². The largest absolute Gasteiger partial charge is 0.309 e. The van der Waals surface area contributed by atoms with Gasteiger partial charge in [-0.25, -0.2) is 0 Å². The highest BCUT2D eigenvalue weighted by atomic mass is 32.2. The Morgan fingerprint density at radius 1 is 1.41 bits per heavy atom. The van der Waals surface area contributed by atoms with Gasteiger partial charge in [0.05, 0.1) is 0 Å². The molecule has 2 aliphatic heterocycles. The predicted octanol–water partition coefficient (Wildman–Crippen LogP) is 2.73. The van der Waals surface area contributed by atoms with Gasteiger partial charge < -0.3 is 5.32 Å². The lowest BCUT2D eigenvalue weighted by Gasteiger charge is -2.46. The number of rotatable bonds is 3. The second kappa shape index (κ2) is 5.94. The second-order valence-electron chi connectivity index (χ2n) is 6.06. The molecule has 0 saturated carbocycles.